The molecule has 4 heteroatoms. The number of carbonyl (C=O) groups is 1. The second-order valence-electron chi connectivity index (χ2n) is 5.60. The van der Waals surface area contributed by atoms with Gasteiger partial charge >= 0.3 is 0 Å². The van der Waals surface area contributed by atoms with Crippen molar-refractivity contribution >= 4 is 17.3 Å². The van der Waals surface area contributed by atoms with Crippen molar-refractivity contribution in [2.45, 2.75) is 33.1 Å². The van der Waals surface area contributed by atoms with Crippen LogP contribution >= 0.6 is 0 Å². The van der Waals surface area contributed by atoms with Crippen molar-refractivity contribution in [1.29, 1.82) is 0 Å². The van der Waals surface area contributed by atoms with E-state index in [-0.39, 0.29) is 5.91 Å². The molecule has 1 N–H and O–H groups in total. The maximum atomic E-state index is 12.0. The fraction of sp³-hybridized carbons (Fsp3) is 0.588. The molecule has 0 radical (unpaired) electrons. The third-order valence-corrected chi connectivity index (χ3v) is 4.10. The number of amides is 1. The second kappa shape index (κ2) is 8.03. The molecule has 1 aromatic carbocycles. The number of hydrogen-bond acceptors (Lipinski definition) is 3. The van der Waals surface area contributed by atoms with Crippen LogP contribution in [0.15, 0.2) is 24.3 Å². The zero-order valence-corrected chi connectivity index (χ0v) is 13.3. The van der Waals surface area contributed by atoms with Crippen LogP contribution in [0, 0.1) is 0 Å². The van der Waals surface area contributed by atoms with Gasteiger partial charge in [-0.1, -0.05) is 6.42 Å². The summed E-state index contributed by atoms with van der Waals surface area (Å²) < 4.78 is 0. The topological polar surface area (TPSA) is 35.6 Å². The van der Waals surface area contributed by atoms with Gasteiger partial charge in [0.25, 0.3) is 0 Å². The van der Waals surface area contributed by atoms with Gasteiger partial charge in [0.05, 0.1) is 6.54 Å². The van der Waals surface area contributed by atoms with Crippen LogP contribution in [0.3, 0.4) is 0 Å². The fourth-order valence-corrected chi connectivity index (χ4v) is 2.87. The minimum atomic E-state index is 0.0903. The highest BCUT2D eigenvalue weighted by molar-refractivity contribution is 5.92. The van der Waals surface area contributed by atoms with Crippen molar-refractivity contribution in [3.63, 3.8) is 0 Å². The van der Waals surface area contributed by atoms with Crippen LogP contribution in [-0.2, 0) is 4.79 Å². The lowest BCUT2D eigenvalue weighted by Crippen LogP contribution is -2.36. The van der Waals surface area contributed by atoms with Crippen LogP contribution in [0.4, 0.5) is 11.4 Å². The number of nitrogens with one attached hydrogen (secondary N) is 1. The Bertz CT molecular complexity index is 434. The first-order chi connectivity index (χ1) is 10.2. The largest absolute Gasteiger partial charge is 0.372 e. The number of anilines is 2. The van der Waals surface area contributed by atoms with Gasteiger partial charge in [0.1, 0.15) is 0 Å². The van der Waals surface area contributed by atoms with Gasteiger partial charge in [0.2, 0.25) is 5.91 Å². The third-order valence-electron chi connectivity index (χ3n) is 4.10. The molecule has 4 nitrogen and oxygen atoms in total. The standard InChI is InChI=1S/C17H27N3O/c1-3-20(4-2)16-10-8-15(9-11-16)18-17(21)14-19-12-6-5-7-13-19/h8-11H,3-7,12-14H2,1-2H3,(H,18,21). The zero-order valence-electron chi connectivity index (χ0n) is 13.3. The molecule has 1 saturated heterocycles. The Morgan fingerprint density at radius 2 is 1.71 bits per heavy atom. The molecule has 1 aliphatic rings. The van der Waals surface area contributed by atoms with Crippen LogP contribution < -0.4 is 10.2 Å². The Hall–Kier alpha value is -1.55. The first kappa shape index (κ1) is 15.8. The summed E-state index contributed by atoms with van der Waals surface area (Å²) in [7, 11) is 0. The highest BCUT2D eigenvalue weighted by atomic mass is 16.2. The summed E-state index contributed by atoms with van der Waals surface area (Å²) in [6.07, 6.45) is 3.72. The fourth-order valence-electron chi connectivity index (χ4n) is 2.87. The molecule has 0 spiro atoms. The number of likely N-dealkylation sites (tertiary alicyclic amines) is 1. The van der Waals surface area contributed by atoms with Crippen molar-refractivity contribution in [3.8, 4) is 0 Å². The monoisotopic (exact) mass is 289 g/mol. The van der Waals surface area contributed by atoms with Crippen molar-refractivity contribution < 1.29 is 4.79 Å². The molecule has 1 heterocycles. The quantitative estimate of drug-likeness (QED) is 0.874. The lowest BCUT2D eigenvalue weighted by atomic mass is 10.1. The van der Waals surface area contributed by atoms with Crippen molar-refractivity contribution in [2.75, 3.05) is 42.9 Å². The maximum absolute atomic E-state index is 12.0. The van der Waals surface area contributed by atoms with Gasteiger partial charge in [0, 0.05) is 24.5 Å². The Kier molecular flexibility index (Phi) is 6.05. The lowest BCUT2D eigenvalue weighted by Gasteiger charge is -2.25. The summed E-state index contributed by atoms with van der Waals surface area (Å²) in [5.41, 5.74) is 2.09. The van der Waals surface area contributed by atoms with Crippen molar-refractivity contribution in [3.05, 3.63) is 24.3 Å². The van der Waals surface area contributed by atoms with Crippen LogP contribution in [0.25, 0.3) is 0 Å². The van der Waals surface area contributed by atoms with Crippen LogP contribution in [-0.4, -0.2) is 43.5 Å². The van der Waals surface area contributed by atoms with E-state index in [1.807, 2.05) is 12.1 Å². The first-order valence-electron chi connectivity index (χ1n) is 8.10. The number of carbonyl (C=O) groups excluding carboxylic acids is 1. The van der Waals surface area contributed by atoms with E-state index in [2.05, 4.69) is 41.1 Å². The highest BCUT2D eigenvalue weighted by Gasteiger charge is 2.13. The lowest BCUT2D eigenvalue weighted by molar-refractivity contribution is -0.117. The van der Waals surface area contributed by atoms with Crippen molar-refractivity contribution in [2.24, 2.45) is 0 Å². The predicted octanol–water partition coefficient (Wildman–Crippen LogP) is 2.96. The average Bonchev–Trinajstić information content (AvgIpc) is 2.51. The van der Waals surface area contributed by atoms with Gasteiger partial charge in [-0.3, -0.25) is 9.69 Å². The van der Waals surface area contributed by atoms with Crippen LogP contribution in [0.2, 0.25) is 0 Å². The van der Waals surface area contributed by atoms with E-state index in [1.165, 1.54) is 24.9 Å². The molecule has 0 aromatic heterocycles. The van der Waals surface area contributed by atoms with E-state index >= 15 is 0 Å². The molecular weight excluding hydrogens is 262 g/mol. The molecule has 21 heavy (non-hydrogen) atoms. The van der Waals surface area contributed by atoms with Gasteiger partial charge in [-0.15, -0.1) is 0 Å². The molecule has 0 aliphatic carbocycles. The summed E-state index contributed by atoms with van der Waals surface area (Å²) in [4.78, 5) is 16.6. The Labute approximate surface area is 128 Å². The molecule has 2 rings (SSSR count). The van der Waals surface area contributed by atoms with E-state index in [1.54, 1.807) is 0 Å². The molecule has 1 aliphatic heterocycles. The summed E-state index contributed by atoms with van der Waals surface area (Å²) in [6, 6.07) is 8.12. The van der Waals surface area contributed by atoms with Crippen molar-refractivity contribution in [1.82, 2.24) is 4.90 Å². The van der Waals surface area contributed by atoms with E-state index in [0.29, 0.717) is 6.54 Å². The number of piperidine rings is 1. The molecular formula is C17H27N3O. The first-order valence-corrected chi connectivity index (χ1v) is 8.10. The molecule has 116 valence electrons. The average molecular weight is 289 g/mol. The minimum absolute atomic E-state index is 0.0903. The number of hydrogen-bond donors (Lipinski definition) is 1. The summed E-state index contributed by atoms with van der Waals surface area (Å²) in [6.45, 7) is 8.91. The molecule has 1 aromatic rings. The van der Waals surface area contributed by atoms with E-state index < -0.39 is 0 Å². The Morgan fingerprint density at radius 3 is 2.29 bits per heavy atom. The van der Waals surface area contributed by atoms with E-state index in [4.69, 9.17) is 0 Å². The molecule has 0 saturated carbocycles. The Balaban J connectivity index is 1.86. The van der Waals surface area contributed by atoms with Crippen LogP contribution in [0.5, 0.6) is 0 Å². The smallest absolute Gasteiger partial charge is 0.238 e. The molecule has 0 unspecified atom stereocenters. The van der Waals surface area contributed by atoms with Gasteiger partial charge in [-0.2, -0.15) is 0 Å². The van der Waals surface area contributed by atoms with E-state index in [9.17, 15) is 4.79 Å². The summed E-state index contributed by atoms with van der Waals surface area (Å²) in [5, 5.41) is 2.99. The predicted molar refractivity (Wildman–Crippen MR) is 88.9 cm³/mol. The van der Waals surface area contributed by atoms with Gasteiger partial charge in [-0.25, -0.2) is 0 Å². The molecule has 0 bridgehead atoms. The molecule has 0 atom stereocenters. The molecule has 1 amide bonds. The SMILES string of the molecule is CCN(CC)c1ccc(NC(=O)CN2CCCCC2)cc1. The highest BCUT2D eigenvalue weighted by Crippen LogP contribution is 2.17. The number of nitrogens with zero attached hydrogens (tertiary/aromatic N) is 2. The Morgan fingerprint density at radius 1 is 1.10 bits per heavy atom. The minimum Gasteiger partial charge on any atom is -0.372 e. The normalized spacial score (nSPS) is 15.7. The van der Waals surface area contributed by atoms with Gasteiger partial charge in [0.15, 0.2) is 0 Å². The summed E-state index contributed by atoms with van der Waals surface area (Å²) in [5.74, 6) is 0.0903. The molecule has 1 fully saturated rings. The zero-order chi connectivity index (χ0) is 15.1. The van der Waals surface area contributed by atoms with Crippen LogP contribution in [0.1, 0.15) is 33.1 Å². The number of rotatable bonds is 6. The third kappa shape index (κ3) is 4.74. The second-order valence-corrected chi connectivity index (χ2v) is 5.60. The maximum Gasteiger partial charge on any atom is 0.238 e. The van der Waals surface area contributed by atoms with E-state index in [0.717, 1.165) is 31.9 Å². The van der Waals surface area contributed by atoms with Gasteiger partial charge < -0.3 is 10.2 Å². The van der Waals surface area contributed by atoms with Gasteiger partial charge in [-0.05, 0) is 64.0 Å². The summed E-state index contributed by atoms with van der Waals surface area (Å²) >= 11 is 0. The number of benzene rings is 1.